The van der Waals surface area contributed by atoms with Gasteiger partial charge in [0.2, 0.25) is 0 Å². The van der Waals surface area contributed by atoms with Crippen LogP contribution < -0.4 is 0 Å². The van der Waals surface area contributed by atoms with Gasteiger partial charge in [0.15, 0.2) is 5.78 Å². The molecule has 3 fully saturated rings. The van der Waals surface area contributed by atoms with E-state index in [1.165, 1.54) is 5.57 Å². The minimum absolute atomic E-state index is 0.122. The van der Waals surface area contributed by atoms with Gasteiger partial charge in [0, 0.05) is 23.7 Å². The van der Waals surface area contributed by atoms with Crippen molar-refractivity contribution in [3.8, 4) is 0 Å². The molecule has 4 aliphatic rings. The van der Waals surface area contributed by atoms with E-state index < -0.39 is 0 Å². The largest absolute Gasteiger partial charge is 0.395 e. The molecule has 0 bridgehead atoms. The molecule has 126 valence electrons. The van der Waals surface area contributed by atoms with Crippen LogP contribution in [0.15, 0.2) is 11.6 Å². The number of hydrogen-bond donors (Lipinski definition) is 1. The highest BCUT2D eigenvalue weighted by atomic mass is 16.3. The second-order valence-corrected chi connectivity index (χ2v) is 8.81. The molecule has 6 atom stereocenters. The van der Waals surface area contributed by atoms with Gasteiger partial charge < -0.3 is 5.11 Å². The van der Waals surface area contributed by atoms with Gasteiger partial charge in [0.05, 0.1) is 6.61 Å². The van der Waals surface area contributed by atoms with Crippen molar-refractivity contribution in [3.63, 3.8) is 0 Å². The number of aliphatic hydroxyl groups is 1. The van der Waals surface area contributed by atoms with Crippen LogP contribution >= 0.6 is 0 Å². The number of hydrogen-bond acceptors (Lipinski definition) is 3. The van der Waals surface area contributed by atoms with Crippen molar-refractivity contribution in [2.45, 2.75) is 58.8 Å². The van der Waals surface area contributed by atoms with Gasteiger partial charge in [-0.3, -0.25) is 9.59 Å². The highest BCUT2D eigenvalue weighted by Gasteiger charge is 2.61. The van der Waals surface area contributed by atoms with Crippen LogP contribution in [0.1, 0.15) is 58.8 Å². The van der Waals surface area contributed by atoms with Gasteiger partial charge in [-0.1, -0.05) is 19.4 Å². The van der Waals surface area contributed by atoms with Gasteiger partial charge in [0.25, 0.3) is 0 Å². The zero-order chi connectivity index (χ0) is 16.4. The Morgan fingerprint density at radius 1 is 1.17 bits per heavy atom. The first kappa shape index (κ1) is 15.6. The summed E-state index contributed by atoms with van der Waals surface area (Å²) < 4.78 is 0. The lowest BCUT2D eigenvalue weighted by molar-refractivity contribution is -0.135. The van der Waals surface area contributed by atoms with Crippen LogP contribution in [-0.2, 0) is 9.59 Å². The molecular formula is C20H28O3. The van der Waals surface area contributed by atoms with Gasteiger partial charge in [0.1, 0.15) is 5.78 Å². The second kappa shape index (κ2) is 5.02. The average molecular weight is 316 g/mol. The molecule has 3 nitrogen and oxygen atoms in total. The maximum absolute atomic E-state index is 12.5. The lowest BCUT2D eigenvalue weighted by atomic mass is 9.45. The fraction of sp³-hybridized carbons (Fsp3) is 0.800. The predicted molar refractivity (Wildman–Crippen MR) is 87.7 cm³/mol. The number of fused-ring (bicyclic) bond motifs is 5. The fourth-order valence-corrected chi connectivity index (χ4v) is 6.81. The quantitative estimate of drug-likeness (QED) is 0.807. The minimum Gasteiger partial charge on any atom is -0.395 e. The molecule has 0 aliphatic heterocycles. The van der Waals surface area contributed by atoms with E-state index in [1.807, 2.05) is 6.08 Å². The molecule has 0 saturated heterocycles. The van der Waals surface area contributed by atoms with Gasteiger partial charge in [-0.15, -0.1) is 0 Å². The van der Waals surface area contributed by atoms with Crippen LogP contribution in [-0.4, -0.2) is 23.3 Å². The summed E-state index contributed by atoms with van der Waals surface area (Å²) in [6, 6.07) is 0. The molecule has 0 radical (unpaired) electrons. The van der Waals surface area contributed by atoms with E-state index >= 15 is 0 Å². The Hall–Kier alpha value is -0.960. The lowest BCUT2D eigenvalue weighted by Crippen LogP contribution is -2.54. The van der Waals surface area contributed by atoms with Crippen LogP contribution in [0, 0.1) is 34.5 Å². The molecule has 1 N–H and O–H groups in total. The number of carbonyl (C=O) groups is 2. The molecule has 3 heteroatoms. The van der Waals surface area contributed by atoms with Crippen LogP contribution in [0.4, 0.5) is 0 Å². The van der Waals surface area contributed by atoms with Crippen LogP contribution in [0.2, 0.25) is 0 Å². The Balaban J connectivity index is 1.77. The number of carbonyl (C=O) groups excluding carboxylic acids is 2. The Labute approximate surface area is 138 Å². The standard InChI is InChI=1S/C20H28O3/c1-12-9-14-15-3-4-18(23)19(15,2)7-6-16(14)20(11-21)8-5-13(22)10-17(12)20/h10,12,14-16,21H,3-9,11H2,1-2H3/t12-,14+,15+,16+,19+,20+/m1/s1. The van der Waals surface area contributed by atoms with Gasteiger partial charge in [-0.25, -0.2) is 0 Å². The third-order valence-corrected chi connectivity index (χ3v) is 8.00. The van der Waals surface area contributed by atoms with Crippen molar-refractivity contribution in [2.75, 3.05) is 6.61 Å². The van der Waals surface area contributed by atoms with E-state index in [-0.39, 0.29) is 23.2 Å². The zero-order valence-corrected chi connectivity index (χ0v) is 14.3. The molecule has 0 amide bonds. The summed E-state index contributed by atoms with van der Waals surface area (Å²) in [5, 5.41) is 10.4. The van der Waals surface area contributed by atoms with E-state index in [0.29, 0.717) is 35.9 Å². The summed E-state index contributed by atoms with van der Waals surface area (Å²) in [6.07, 6.45) is 8.08. The van der Waals surface area contributed by atoms with E-state index in [2.05, 4.69) is 13.8 Å². The minimum atomic E-state index is -0.191. The molecule has 0 heterocycles. The first-order chi connectivity index (χ1) is 10.9. The summed E-state index contributed by atoms with van der Waals surface area (Å²) in [5.41, 5.74) is 0.900. The van der Waals surface area contributed by atoms with Gasteiger partial charge >= 0.3 is 0 Å². The number of Topliss-reactive ketones (excluding diaryl/α,β-unsaturated/α-hetero) is 1. The van der Waals surface area contributed by atoms with E-state index in [0.717, 1.165) is 38.5 Å². The van der Waals surface area contributed by atoms with Crippen molar-refractivity contribution in [1.82, 2.24) is 0 Å². The maximum atomic E-state index is 12.5. The smallest absolute Gasteiger partial charge is 0.155 e. The molecule has 0 spiro atoms. The van der Waals surface area contributed by atoms with Crippen LogP contribution in [0.25, 0.3) is 0 Å². The third-order valence-electron chi connectivity index (χ3n) is 8.00. The van der Waals surface area contributed by atoms with Crippen molar-refractivity contribution in [3.05, 3.63) is 11.6 Å². The highest BCUT2D eigenvalue weighted by Crippen LogP contribution is 2.65. The molecule has 23 heavy (non-hydrogen) atoms. The second-order valence-electron chi connectivity index (χ2n) is 8.81. The monoisotopic (exact) mass is 316 g/mol. The van der Waals surface area contributed by atoms with E-state index in [4.69, 9.17) is 0 Å². The number of ketones is 2. The third kappa shape index (κ3) is 1.92. The SMILES string of the molecule is C[C@@H]1C[C@@H]2[C@H](CC[C@]3(C)C(=O)CC[C@@H]23)[C@@]2(CO)CCC(=O)C=C12. The summed E-state index contributed by atoms with van der Waals surface area (Å²) in [6.45, 7) is 4.57. The Kier molecular flexibility index (Phi) is 3.39. The van der Waals surface area contributed by atoms with Crippen LogP contribution in [0.5, 0.6) is 0 Å². The molecule has 4 rings (SSSR count). The average Bonchev–Trinajstić information content (AvgIpc) is 2.84. The number of aliphatic hydroxyl groups excluding tert-OH is 1. The molecule has 3 saturated carbocycles. The summed E-state index contributed by atoms with van der Waals surface area (Å²) >= 11 is 0. The zero-order valence-electron chi connectivity index (χ0n) is 14.3. The number of rotatable bonds is 1. The summed E-state index contributed by atoms with van der Waals surface area (Å²) in [4.78, 5) is 24.4. The fourth-order valence-electron chi connectivity index (χ4n) is 6.81. The maximum Gasteiger partial charge on any atom is 0.155 e. The first-order valence-corrected chi connectivity index (χ1v) is 9.31. The Morgan fingerprint density at radius 2 is 1.96 bits per heavy atom. The molecule has 0 aromatic rings. The summed E-state index contributed by atoms with van der Waals surface area (Å²) in [7, 11) is 0. The van der Waals surface area contributed by atoms with Crippen molar-refractivity contribution >= 4 is 11.6 Å². The Bertz CT molecular complexity index is 592. The normalized spacial score (nSPS) is 49.3. The highest BCUT2D eigenvalue weighted by molar-refractivity contribution is 5.92. The van der Waals surface area contributed by atoms with Gasteiger partial charge in [-0.2, -0.15) is 0 Å². The topological polar surface area (TPSA) is 54.4 Å². The van der Waals surface area contributed by atoms with E-state index in [9.17, 15) is 14.7 Å². The molecule has 0 aromatic carbocycles. The van der Waals surface area contributed by atoms with Crippen molar-refractivity contribution < 1.29 is 14.7 Å². The summed E-state index contributed by atoms with van der Waals surface area (Å²) in [5.74, 6) is 2.52. The van der Waals surface area contributed by atoms with Crippen LogP contribution in [0.3, 0.4) is 0 Å². The Morgan fingerprint density at radius 3 is 2.70 bits per heavy atom. The molecule has 4 aliphatic carbocycles. The van der Waals surface area contributed by atoms with Gasteiger partial charge in [-0.05, 0) is 61.9 Å². The van der Waals surface area contributed by atoms with E-state index in [1.54, 1.807) is 0 Å². The lowest BCUT2D eigenvalue weighted by Gasteiger charge is -2.59. The first-order valence-electron chi connectivity index (χ1n) is 9.31. The molecule has 0 aromatic heterocycles. The van der Waals surface area contributed by atoms with Crippen molar-refractivity contribution in [2.24, 2.45) is 34.5 Å². The van der Waals surface area contributed by atoms with Crippen molar-refractivity contribution in [1.29, 1.82) is 0 Å². The molecule has 0 unspecified atom stereocenters. The predicted octanol–water partition coefficient (Wildman–Crippen LogP) is 3.31. The molecular weight excluding hydrogens is 288 g/mol.